The second kappa shape index (κ2) is 6.76. The van der Waals surface area contributed by atoms with E-state index in [1.807, 2.05) is 36.4 Å². The number of ether oxygens (including phenoxy) is 1. The topological polar surface area (TPSA) is 41.6 Å². The van der Waals surface area contributed by atoms with Crippen molar-refractivity contribution in [1.82, 2.24) is 4.90 Å². The fourth-order valence-electron chi connectivity index (χ4n) is 3.16. The molecule has 2 aliphatic rings. The second-order valence-electron chi connectivity index (χ2n) is 6.69. The van der Waals surface area contributed by atoms with Crippen LogP contribution in [0.1, 0.15) is 5.56 Å². The van der Waals surface area contributed by atoms with Gasteiger partial charge in [-0.05, 0) is 60.7 Å². The average Bonchev–Trinajstić information content (AvgIpc) is 2.85. The molecular formula is C22H19FN2O2. The van der Waals surface area contributed by atoms with Crippen molar-refractivity contribution in [3.8, 4) is 5.75 Å². The highest BCUT2D eigenvalue weighted by Gasteiger charge is 2.29. The van der Waals surface area contributed by atoms with Crippen molar-refractivity contribution in [2.75, 3.05) is 19.4 Å². The predicted molar refractivity (Wildman–Crippen MR) is 104 cm³/mol. The minimum atomic E-state index is -0.272. The van der Waals surface area contributed by atoms with Crippen molar-refractivity contribution in [2.45, 2.75) is 6.10 Å². The minimum absolute atomic E-state index is 0.0539. The zero-order valence-corrected chi connectivity index (χ0v) is 15.1. The molecule has 0 saturated carbocycles. The number of nitrogens with one attached hydrogen (secondary N) is 1. The monoisotopic (exact) mass is 362 g/mol. The Kier molecular flexibility index (Phi) is 4.28. The van der Waals surface area contributed by atoms with Gasteiger partial charge in [0, 0.05) is 42.2 Å². The Morgan fingerprint density at radius 2 is 1.85 bits per heavy atom. The molecule has 2 aromatic rings. The predicted octanol–water partition coefficient (Wildman–Crippen LogP) is 4.30. The Bertz CT molecular complexity index is 988. The maximum absolute atomic E-state index is 13.1. The van der Waals surface area contributed by atoms with Gasteiger partial charge in [-0.25, -0.2) is 4.39 Å². The molecule has 1 aliphatic heterocycles. The molecule has 1 atom stereocenters. The fourth-order valence-corrected chi connectivity index (χ4v) is 3.16. The molecular weight excluding hydrogens is 343 g/mol. The number of benzene rings is 2. The first kappa shape index (κ1) is 17.1. The van der Waals surface area contributed by atoms with Gasteiger partial charge in [0.15, 0.2) is 0 Å². The Morgan fingerprint density at radius 1 is 1.11 bits per heavy atom. The normalized spacial score (nSPS) is 17.1. The molecule has 4 nitrogen and oxygen atoms in total. The lowest BCUT2D eigenvalue weighted by molar-refractivity contribution is -0.124. The summed E-state index contributed by atoms with van der Waals surface area (Å²) in [5, 5.41) is 3.27. The summed E-state index contributed by atoms with van der Waals surface area (Å²) in [5.41, 5.74) is 4.16. The van der Waals surface area contributed by atoms with Gasteiger partial charge in [-0.15, -0.1) is 0 Å². The van der Waals surface area contributed by atoms with Crippen LogP contribution in [0.4, 0.5) is 15.8 Å². The number of fused-ring (bicyclic) bond motifs is 3. The van der Waals surface area contributed by atoms with Crippen LogP contribution in [-0.2, 0) is 4.79 Å². The molecule has 136 valence electrons. The number of halogens is 1. The van der Waals surface area contributed by atoms with E-state index in [1.165, 1.54) is 12.1 Å². The number of anilines is 2. The summed E-state index contributed by atoms with van der Waals surface area (Å²) in [4.78, 5) is 13.9. The largest absolute Gasteiger partial charge is 0.481 e. The second-order valence-corrected chi connectivity index (χ2v) is 6.69. The molecule has 0 spiro atoms. The molecule has 0 fully saturated rings. The van der Waals surface area contributed by atoms with Crippen LogP contribution in [0.15, 0.2) is 72.3 Å². The van der Waals surface area contributed by atoms with Gasteiger partial charge in [-0.3, -0.25) is 4.79 Å². The fraction of sp³-hybridized carbons (Fsp3) is 0.136. The van der Waals surface area contributed by atoms with E-state index < -0.39 is 0 Å². The standard InChI is InChI=1S/C22H19FN2O2/c1-25(2)22(26)14-4-3-5-20-18(12-14)19-13-17(10-11-21(19)27-20)24-16-8-6-15(23)7-9-16/h3-13,20,24H,1-2H3. The lowest BCUT2D eigenvalue weighted by Crippen LogP contribution is -2.22. The van der Waals surface area contributed by atoms with Crippen molar-refractivity contribution in [1.29, 1.82) is 0 Å². The number of carbonyl (C=O) groups is 1. The van der Waals surface area contributed by atoms with Gasteiger partial charge >= 0.3 is 0 Å². The summed E-state index contributed by atoms with van der Waals surface area (Å²) in [5.74, 6) is 0.451. The lowest BCUT2D eigenvalue weighted by Gasteiger charge is -2.11. The number of nitrogens with zero attached hydrogens (tertiary/aromatic N) is 1. The third kappa shape index (κ3) is 3.36. The minimum Gasteiger partial charge on any atom is -0.481 e. The van der Waals surface area contributed by atoms with Gasteiger partial charge in [-0.2, -0.15) is 0 Å². The van der Waals surface area contributed by atoms with Gasteiger partial charge in [0.05, 0.1) is 0 Å². The molecule has 1 amide bonds. The van der Waals surface area contributed by atoms with Crippen LogP contribution in [0.3, 0.4) is 0 Å². The van der Waals surface area contributed by atoms with E-state index >= 15 is 0 Å². The average molecular weight is 362 g/mol. The van der Waals surface area contributed by atoms with E-state index in [9.17, 15) is 9.18 Å². The van der Waals surface area contributed by atoms with E-state index in [0.717, 1.165) is 28.3 Å². The van der Waals surface area contributed by atoms with Gasteiger partial charge in [0.25, 0.3) is 5.91 Å². The maximum Gasteiger partial charge on any atom is 0.253 e. The van der Waals surface area contributed by atoms with Crippen LogP contribution < -0.4 is 10.1 Å². The van der Waals surface area contributed by atoms with Crippen LogP contribution >= 0.6 is 0 Å². The Balaban J connectivity index is 1.68. The van der Waals surface area contributed by atoms with Gasteiger partial charge < -0.3 is 15.0 Å². The SMILES string of the molecule is CN(C)C(=O)C1=CC=CC2Oc3ccc(Nc4ccc(F)cc4)cc3C2=C1. The van der Waals surface area contributed by atoms with Crippen LogP contribution in [0.5, 0.6) is 5.75 Å². The Hall–Kier alpha value is -3.34. The van der Waals surface area contributed by atoms with Crippen molar-refractivity contribution >= 4 is 22.9 Å². The molecule has 1 N–H and O–H groups in total. The first-order valence-corrected chi connectivity index (χ1v) is 8.67. The molecule has 27 heavy (non-hydrogen) atoms. The molecule has 5 heteroatoms. The molecule has 0 radical (unpaired) electrons. The molecule has 0 bridgehead atoms. The van der Waals surface area contributed by atoms with Crippen LogP contribution in [0, 0.1) is 5.82 Å². The van der Waals surface area contributed by atoms with Gasteiger partial charge in [0.2, 0.25) is 0 Å². The van der Waals surface area contributed by atoms with E-state index in [-0.39, 0.29) is 17.8 Å². The summed E-state index contributed by atoms with van der Waals surface area (Å²) in [6.45, 7) is 0. The zero-order chi connectivity index (χ0) is 19.0. The number of likely N-dealkylation sites (N-methyl/N-ethyl adjacent to an activating group) is 1. The van der Waals surface area contributed by atoms with E-state index in [4.69, 9.17) is 4.74 Å². The summed E-state index contributed by atoms with van der Waals surface area (Å²) in [7, 11) is 3.47. The number of allylic oxidation sites excluding steroid dienone is 2. The summed E-state index contributed by atoms with van der Waals surface area (Å²) < 4.78 is 19.1. The first-order chi connectivity index (χ1) is 13.0. The summed E-state index contributed by atoms with van der Waals surface area (Å²) in [6, 6.07) is 12.0. The molecule has 2 aromatic carbocycles. The van der Waals surface area contributed by atoms with Crippen molar-refractivity contribution in [2.24, 2.45) is 0 Å². The molecule has 1 aliphatic carbocycles. The summed E-state index contributed by atoms with van der Waals surface area (Å²) in [6.07, 6.45) is 7.27. The number of carbonyl (C=O) groups excluding carboxylic acids is 1. The Labute approximate surface area is 157 Å². The zero-order valence-electron chi connectivity index (χ0n) is 15.1. The maximum atomic E-state index is 13.1. The third-order valence-corrected chi connectivity index (χ3v) is 4.51. The number of rotatable bonds is 3. The lowest BCUT2D eigenvalue weighted by atomic mass is 10.00. The van der Waals surface area contributed by atoms with Crippen LogP contribution in [-0.4, -0.2) is 31.0 Å². The van der Waals surface area contributed by atoms with E-state index in [1.54, 1.807) is 37.2 Å². The van der Waals surface area contributed by atoms with Crippen LogP contribution in [0.25, 0.3) is 5.57 Å². The number of hydrogen-bond acceptors (Lipinski definition) is 3. The highest BCUT2D eigenvalue weighted by Crippen LogP contribution is 2.41. The van der Waals surface area contributed by atoms with Crippen molar-refractivity contribution in [3.05, 3.63) is 83.7 Å². The third-order valence-electron chi connectivity index (χ3n) is 4.51. The van der Waals surface area contributed by atoms with Crippen molar-refractivity contribution in [3.63, 3.8) is 0 Å². The molecule has 0 aromatic heterocycles. The molecule has 1 unspecified atom stereocenters. The number of hydrogen-bond donors (Lipinski definition) is 1. The quantitative estimate of drug-likeness (QED) is 0.885. The molecule has 4 rings (SSSR count). The smallest absolute Gasteiger partial charge is 0.253 e. The van der Waals surface area contributed by atoms with Crippen LogP contribution in [0.2, 0.25) is 0 Å². The van der Waals surface area contributed by atoms with Crippen molar-refractivity contribution < 1.29 is 13.9 Å². The summed E-state index contributed by atoms with van der Waals surface area (Å²) >= 11 is 0. The molecule has 1 heterocycles. The number of amides is 1. The van der Waals surface area contributed by atoms with E-state index in [0.29, 0.717) is 5.57 Å². The molecule has 0 saturated heterocycles. The van der Waals surface area contributed by atoms with Gasteiger partial charge in [0.1, 0.15) is 17.7 Å². The highest BCUT2D eigenvalue weighted by molar-refractivity contribution is 6.00. The first-order valence-electron chi connectivity index (χ1n) is 8.67. The van der Waals surface area contributed by atoms with Gasteiger partial charge in [-0.1, -0.05) is 6.08 Å². The highest BCUT2D eigenvalue weighted by atomic mass is 19.1. The Morgan fingerprint density at radius 3 is 2.59 bits per heavy atom. The van der Waals surface area contributed by atoms with E-state index in [2.05, 4.69) is 5.32 Å².